The standard InChI is InChI=1S/C14H22N2O3S/c1-2-20(17,18)14-5-3-13(4-6-14)15-7-8-16-9-11-19-12-10-16/h3-6,15H,2,7-12H2,1H3. The topological polar surface area (TPSA) is 58.6 Å². The predicted octanol–water partition coefficient (Wildman–Crippen LogP) is 1.22. The van der Waals surface area contributed by atoms with Gasteiger partial charge >= 0.3 is 0 Å². The maximum atomic E-state index is 11.7. The van der Waals surface area contributed by atoms with E-state index in [1.54, 1.807) is 19.1 Å². The zero-order chi connectivity index (χ0) is 14.4. The Morgan fingerprint density at radius 3 is 2.45 bits per heavy atom. The van der Waals surface area contributed by atoms with Gasteiger partial charge in [-0.3, -0.25) is 4.90 Å². The second-order valence-electron chi connectivity index (χ2n) is 4.81. The molecule has 0 aromatic heterocycles. The van der Waals surface area contributed by atoms with E-state index in [0.29, 0.717) is 4.90 Å². The van der Waals surface area contributed by atoms with Crippen molar-refractivity contribution in [2.45, 2.75) is 11.8 Å². The van der Waals surface area contributed by atoms with Crippen LogP contribution in [0.1, 0.15) is 6.92 Å². The van der Waals surface area contributed by atoms with Gasteiger partial charge in [0.25, 0.3) is 0 Å². The third kappa shape index (κ3) is 4.19. The first kappa shape index (κ1) is 15.3. The molecule has 2 rings (SSSR count). The van der Waals surface area contributed by atoms with E-state index in [0.717, 1.165) is 45.1 Å². The Balaban J connectivity index is 1.82. The number of hydrogen-bond donors (Lipinski definition) is 1. The molecule has 0 saturated carbocycles. The highest BCUT2D eigenvalue weighted by Gasteiger charge is 2.11. The van der Waals surface area contributed by atoms with E-state index in [-0.39, 0.29) is 5.75 Å². The van der Waals surface area contributed by atoms with Crippen molar-refractivity contribution in [3.05, 3.63) is 24.3 Å². The summed E-state index contributed by atoms with van der Waals surface area (Å²) in [5.41, 5.74) is 0.952. The minimum Gasteiger partial charge on any atom is -0.384 e. The summed E-state index contributed by atoms with van der Waals surface area (Å²) in [6.45, 7) is 7.06. The average molecular weight is 298 g/mol. The number of morpholine rings is 1. The van der Waals surface area contributed by atoms with Crippen LogP contribution in [-0.2, 0) is 14.6 Å². The quantitative estimate of drug-likeness (QED) is 0.856. The van der Waals surface area contributed by atoms with Gasteiger partial charge in [-0.2, -0.15) is 0 Å². The highest BCUT2D eigenvalue weighted by molar-refractivity contribution is 7.91. The van der Waals surface area contributed by atoms with Gasteiger partial charge in [0.05, 0.1) is 23.9 Å². The molecule has 0 amide bonds. The number of anilines is 1. The Hall–Kier alpha value is -1.11. The second-order valence-corrected chi connectivity index (χ2v) is 7.09. The van der Waals surface area contributed by atoms with Crippen LogP contribution < -0.4 is 5.32 Å². The Morgan fingerprint density at radius 1 is 1.20 bits per heavy atom. The van der Waals surface area contributed by atoms with Crippen LogP contribution in [0.25, 0.3) is 0 Å². The maximum Gasteiger partial charge on any atom is 0.178 e. The minimum atomic E-state index is -3.10. The monoisotopic (exact) mass is 298 g/mol. The molecular formula is C14H22N2O3S. The van der Waals surface area contributed by atoms with E-state index in [4.69, 9.17) is 4.74 Å². The minimum absolute atomic E-state index is 0.136. The highest BCUT2D eigenvalue weighted by atomic mass is 32.2. The molecule has 0 atom stereocenters. The first-order chi connectivity index (χ1) is 9.62. The number of sulfone groups is 1. The summed E-state index contributed by atoms with van der Waals surface area (Å²) in [7, 11) is -3.10. The third-order valence-electron chi connectivity index (χ3n) is 3.45. The molecule has 5 nitrogen and oxygen atoms in total. The molecule has 1 aliphatic rings. The number of hydrogen-bond acceptors (Lipinski definition) is 5. The molecule has 0 unspecified atom stereocenters. The largest absolute Gasteiger partial charge is 0.384 e. The lowest BCUT2D eigenvalue weighted by Gasteiger charge is -2.26. The molecule has 1 fully saturated rings. The molecule has 1 N–H and O–H groups in total. The molecule has 1 aromatic carbocycles. The molecule has 1 saturated heterocycles. The van der Waals surface area contributed by atoms with Crippen LogP contribution in [0.15, 0.2) is 29.2 Å². The lowest BCUT2D eigenvalue weighted by atomic mass is 10.3. The molecule has 20 heavy (non-hydrogen) atoms. The van der Waals surface area contributed by atoms with Gasteiger partial charge in [0.1, 0.15) is 0 Å². The van der Waals surface area contributed by atoms with Crippen molar-refractivity contribution >= 4 is 15.5 Å². The van der Waals surface area contributed by atoms with Gasteiger partial charge in [-0.1, -0.05) is 6.92 Å². The molecular weight excluding hydrogens is 276 g/mol. The summed E-state index contributed by atoms with van der Waals surface area (Å²) >= 11 is 0. The van der Waals surface area contributed by atoms with Crippen molar-refractivity contribution < 1.29 is 13.2 Å². The van der Waals surface area contributed by atoms with Crippen molar-refractivity contribution in [1.82, 2.24) is 4.90 Å². The van der Waals surface area contributed by atoms with Crippen LogP contribution >= 0.6 is 0 Å². The van der Waals surface area contributed by atoms with Gasteiger partial charge in [-0.25, -0.2) is 8.42 Å². The van der Waals surface area contributed by atoms with Crippen molar-refractivity contribution in [1.29, 1.82) is 0 Å². The van der Waals surface area contributed by atoms with Crippen LogP contribution in [0.4, 0.5) is 5.69 Å². The molecule has 0 radical (unpaired) electrons. The van der Waals surface area contributed by atoms with E-state index in [1.165, 1.54) is 0 Å². The smallest absolute Gasteiger partial charge is 0.178 e. The summed E-state index contributed by atoms with van der Waals surface area (Å²) in [4.78, 5) is 2.74. The van der Waals surface area contributed by atoms with Gasteiger partial charge in [-0.05, 0) is 24.3 Å². The van der Waals surface area contributed by atoms with Crippen molar-refractivity contribution in [2.75, 3.05) is 50.5 Å². The molecule has 0 spiro atoms. The van der Waals surface area contributed by atoms with Gasteiger partial charge in [0.15, 0.2) is 9.84 Å². The molecule has 1 aliphatic heterocycles. The molecule has 112 valence electrons. The summed E-state index contributed by atoms with van der Waals surface area (Å²) in [5.74, 6) is 0.136. The predicted molar refractivity (Wildman–Crippen MR) is 79.9 cm³/mol. The molecule has 1 heterocycles. The third-order valence-corrected chi connectivity index (χ3v) is 5.20. The van der Waals surface area contributed by atoms with Crippen LogP contribution in [-0.4, -0.2) is 58.5 Å². The molecule has 1 aromatic rings. The number of ether oxygens (including phenoxy) is 1. The lowest BCUT2D eigenvalue weighted by molar-refractivity contribution is 0.0398. The summed E-state index contributed by atoms with van der Waals surface area (Å²) in [6.07, 6.45) is 0. The van der Waals surface area contributed by atoms with Crippen LogP contribution in [0.5, 0.6) is 0 Å². The maximum absolute atomic E-state index is 11.7. The first-order valence-electron chi connectivity index (χ1n) is 6.98. The van der Waals surface area contributed by atoms with Crippen LogP contribution in [0.3, 0.4) is 0 Å². The zero-order valence-corrected chi connectivity index (χ0v) is 12.7. The Labute approximate surface area is 120 Å². The Bertz CT molecular complexity index is 508. The van der Waals surface area contributed by atoms with Gasteiger partial charge in [-0.15, -0.1) is 0 Å². The van der Waals surface area contributed by atoms with E-state index in [2.05, 4.69) is 10.2 Å². The number of rotatable bonds is 6. The van der Waals surface area contributed by atoms with Gasteiger partial charge in [0.2, 0.25) is 0 Å². The number of benzene rings is 1. The number of nitrogens with zero attached hydrogens (tertiary/aromatic N) is 1. The SMILES string of the molecule is CCS(=O)(=O)c1ccc(NCCN2CCOCC2)cc1. The lowest BCUT2D eigenvalue weighted by Crippen LogP contribution is -2.38. The zero-order valence-electron chi connectivity index (χ0n) is 11.8. The second kappa shape index (κ2) is 7.06. The molecule has 0 aliphatic carbocycles. The van der Waals surface area contributed by atoms with Crippen LogP contribution in [0.2, 0.25) is 0 Å². The Morgan fingerprint density at radius 2 is 1.85 bits per heavy atom. The van der Waals surface area contributed by atoms with Crippen LogP contribution in [0, 0.1) is 0 Å². The number of nitrogens with one attached hydrogen (secondary N) is 1. The van der Waals surface area contributed by atoms with E-state index in [1.807, 2.05) is 12.1 Å². The van der Waals surface area contributed by atoms with E-state index < -0.39 is 9.84 Å². The van der Waals surface area contributed by atoms with Crippen molar-refractivity contribution in [3.63, 3.8) is 0 Å². The highest BCUT2D eigenvalue weighted by Crippen LogP contribution is 2.15. The molecule has 6 heteroatoms. The average Bonchev–Trinajstić information content (AvgIpc) is 2.49. The Kier molecular flexibility index (Phi) is 5.39. The van der Waals surface area contributed by atoms with Crippen molar-refractivity contribution in [2.24, 2.45) is 0 Å². The fourth-order valence-corrected chi connectivity index (χ4v) is 3.01. The fraction of sp³-hybridized carbons (Fsp3) is 0.571. The van der Waals surface area contributed by atoms with Crippen molar-refractivity contribution in [3.8, 4) is 0 Å². The van der Waals surface area contributed by atoms with E-state index >= 15 is 0 Å². The first-order valence-corrected chi connectivity index (χ1v) is 8.64. The van der Waals surface area contributed by atoms with Gasteiger partial charge < -0.3 is 10.1 Å². The fourth-order valence-electron chi connectivity index (χ4n) is 2.13. The van der Waals surface area contributed by atoms with E-state index in [9.17, 15) is 8.42 Å². The molecule has 0 bridgehead atoms. The summed E-state index contributed by atoms with van der Waals surface area (Å²) < 4.78 is 28.7. The summed E-state index contributed by atoms with van der Waals surface area (Å²) in [6, 6.07) is 6.97. The van der Waals surface area contributed by atoms with Gasteiger partial charge in [0, 0.05) is 31.9 Å². The summed E-state index contributed by atoms with van der Waals surface area (Å²) in [5, 5.41) is 3.31. The normalized spacial score (nSPS) is 17.1.